The van der Waals surface area contributed by atoms with E-state index in [9.17, 15) is 18.0 Å². The third-order valence-electron chi connectivity index (χ3n) is 5.30. The van der Waals surface area contributed by atoms with Gasteiger partial charge in [0.1, 0.15) is 5.69 Å². The van der Waals surface area contributed by atoms with Gasteiger partial charge in [-0.15, -0.1) is 0 Å². The van der Waals surface area contributed by atoms with Crippen LogP contribution in [0.15, 0.2) is 12.3 Å². The number of esters is 1. The van der Waals surface area contributed by atoms with Crippen molar-refractivity contribution >= 4 is 5.97 Å². The van der Waals surface area contributed by atoms with Crippen molar-refractivity contribution < 1.29 is 22.7 Å². The van der Waals surface area contributed by atoms with E-state index in [1.165, 1.54) is 13.3 Å². The predicted molar refractivity (Wildman–Crippen MR) is 71.9 cm³/mol. The van der Waals surface area contributed by atoms with Gasteiger partial charge in [-0.1, -0.05) is 6.42 Å². The maximum Gasteiger partial charge on any atom is 0.433 e. The summed E-state index contributed by atoms with van der Waals surface area (Å²) in [5.41, 5.74) is -1.37. The van der Waals surface area contributed by atoms with Crippen LogP contribution in [0.2, 0.25) is 0 Å². The van der Waals surface area contributed by atoms with E-state index in [0.29, 0.717) is 19.3 Å². The molecule has 2 aliphatic rings. The van der Waals surface area contributed by atoms with Gasteiger partial charge in [0.15, 0.2) is 0 Å². The number of fused-ring (bicyclic) bond motifs is 1. The quantitative estimate of drug-likeness (QED) is 0.783. The Kier molecular flexibility index (Phi) is 3.69. The van der Waals surface area contributed by atoms with Gasteiger partial charge >= 0.3 is 12.1 Å². The normalized spacial score (nSPS) is 31.8. The molecule has 0 saturated heterocycles. The highest BCUT2D eigenvalue weighted by Crippen LogP contribution is 2.56. The van der Waals surface area contributed by atoms with E-state index in [-0.39, 0.29) is 11.9 Å². The maximum absolute atomic E-state index is 13.1. The van der Waals surface area contributed by atoms with Crippen LogP contribution in [0, 0.1) is 11.3 Å². The molecule has 3 rings (SSSR count). The molecule has 122 valence electrons. The number of ether oxygens (including phenoxy) is 1. The molecule has 1 aromatic rings. The number of carbonyl (C=O) groups excluding carboxylic acids is 1. The summed E-state index contributed by atoms with van der Waals surface area (Å²) in [6.45, 7) is 0. The van der Waals surface area contributed by atoms with Crippen LogP contribution in [0.3, 0.4) is 0 Å². The Morgan fingerprint density at radius 2 is 2.18 bits per heavy atom. The molecule has 1 aromatic heterocycles. The smallest absolute Gasteiger partial charge is 0.433 e. The summed E-state index contributed by atoms with van der Waals surface area (Å²) in [5.74, 6) is -0.0542. The molecule has 1 heterocycles. The Bertz CT molecular complexity index is 569. The van der Waals surface area contributed by atoms with Crippen LogP contribution >= 0.6 is 0 Å². The summed E-state index contributed by atoms with van der Waals surface area (Å²) in [5, 5.41) is 3.88. The monoisotopic (exact) mass is 316 g/mol. The molecule has 0 amide bonds. The lowest BCUT2D eigenvalue weighted by Crippen LogP contribution is -2.42. The van der Waals surface area contributed by atoms with Crippen molar-refractivity contribution in [2.45, 2.75) is 50.7 Å². The lowest BCUT2D eigenvalue weighted by Gasteiger charge is -2.41. The Labute approximate surface area is 126 Å². The first kappa shape index (κ1) is 15.4. The molecular weight excluding hydrogens is 297 g/mol. The number of halogens is 3. The van der Waals surface area contributed by atoms with Crippen molar-refractivity contribution in [3.8, 4) is 0 Å². The topological polar surface area (TPSA) is 44.1 Å². The van der Waals surface area contributed by atoms with Gasteiger partial charge in [-0.05, 0) is 44.1 Å². The molecule has 0 aliphatic heterocycles. The fourth-order valence-electron chi connectivity index (χ4n) is 4.34. The van der Waals surface area contributed by atoms with E-state index in [1.54, 1.807) is 0 Å². The maximum atomic E-state index is 13.1. The molecule has 2 aliphatic carbocycles. The minimum atomic E-state index is -4.43. The van der Waals surface area contributed by atoms with Crippen molar-refractivity contribution in [1.29, 1.82) is 0 Å². The lowest BCUT2D eigenvalue weighted by molar-refractivity contribution is -0.159. The largest absolute Gasteiger partial charge is 0.469 e. The fraction of sp³-hybridized carbons (Fsp3) is 0.733. The number of hydrogen-bond acceptors (Lipinski definition) is 3. The minimum absolute atomic E-state index is 0.223. The summed E-state index contributed by atoms with van der Waals surface area (Å²) in [7, 11) is 1.35. The van der Waals surface area contributed by atoms with Gasteiger partial charge in [-0.2, -0.15) is 18.3 Å². The van der Waals surface area contributed by atoms with Crippen molar-refractivity contribution in [1.82, 2.24) is 9.78 Å². The van der Waals surface area contributed by atoms with Gasteiger partial charge in [-0.3, -0.25) is 9.48 Å². The fourth-order valence-corrected chi connectivity index (χ4v) is 4.34. The third-order valence-corrected chi connectivity index (χ3v) is 5.30. The van der Waals surface area contributed by atoms with E-state index < -0.39 is 23.3 Å². The van der Waals surface area contributed by atoms with Gasteiger partial charge < -0.3 is 4.74 Å². The van der Waals surface area contributed by atoms with Gasteiger partial charge in [0, 0.05) is 6.20 Å². The van der Waals surface area contributed by atoms with Crippen molar-refractivity contribution in [3.63, 3.8) is 0 Å². The summed E-state index contributed by atoms with van der Waals surface area (Å²) in [6.07, 6.45) is 1.07. The van der Waals surface area contributed by atoms with Crippen molar-refractivity contribution in [3.05, 3.63) is 18.0 Å². The van der Waals surface area contributed by atoms with Crippen LogP contribution in [0.25, 0.3) is 0 Å². The Morgan fingerprint density at radius 3 is 2.86 bits per heavy atom. The van der Waals surface area contributed by atoms with E-state index in [0.717, 1.165) is 30.0 Å². The average molecular weight is 316 g/mol. The standard InChI is InChI=1S/C15H19F3N2O2/c1-22-13(21)14-7-2-3-10(14)4-5-11(9-14)20-12(6-8-19-20)15(16,17)18/h6,8,10-11H,2-5,7,9H2,1H3/t10-,11+,14-/m0/s1. The number of hydrogen-bond donors (Lipinski definition) is 0. The second-order valence-corrected chi connectivity index (χ2v) is 6.33. The SMILES string of the molecule is COC(=O)[C@]12CCC[C@H]1CC[C@@H](n1nccc1C(F)(F)F)C2. The number of alkyl halides is 3. The minimum Gasteiger partial charge on any atom is -0.469 e. The molecule has 2 fully saturated rings. The van der Waals surface area contributed by atoms with E-state index in [1.807, 2.05) is 0 Å². The highest BCUT2D eigenvalue weighted by Gasteiger charge is 2.54. The Morgan fingerprint density at radius 1 is 1.41 bits per heavy atom. The van der Waals surface area contributed by atoms with Crippen LogP contribution in [-0.4, -0.2) is 22.9 Å². The second kappa shape index (κ2) is 5.28. The van der Waals surface area contributed by atoms with Gasteiger partial charge in [-0.25, -0.2) is 0 Å². The molecule has 0 aromatic carbocycles. The molecule has 2 saturated carbocycles. The number of rotatable bonds is 2. The molecule has 4 nitrogen and oxygen atoms in total. The van der Waals surface area contributed by atoms with Crippen LogP contribution in [-0.2, 0) is 15.7 Å². The Hall–Kier alpha value is -1.53. The third kappa shape index (κ3) is 2.30. The lowest BCUT2D eigenvalue weighted by atomic mass is 9.66. The van der Waals surface area contributed by atoms with Crippen LogP contribution < -0.4 is 0 Å². The van der Waals surface area contributed by atoms with E-state index >= 15 is 0 Å². The van der Waals surface area contributed by atoms with Crippen molar-refractivity contribution in [2.24, 2.45) is 11.3 Å². The van der Waals surface area contributed by atoms with Crippen LogP contribution in [0.4, 0.5) is 13.2 Å². The van der Waals surface area contributed by atoms with Gasteiger partial charge in [0.05, 0.1) is 18.6 Å². The molecule has 0 unspecified atom stereocenters. The zero-order valence-electron chi connectivity index (χ0n) is 12.4. The zero-order valence-corrected chi connectivity index (χ0v) is 12.4. The second-order valence-electron chi connectivity index (χ2n) is 6.33. The summed E-state index contributed by atoms with van der Waals surface area (Å²) in [6, 6.07) is 0.589. The molecule has 0 N–H and O–H groups in total. The number of aromatic nitrogens is 2. The first-order chi connectivity index (χ1) is 10.4. The number of carbonyl (C=O) groups is 1. The van der Waals surface area contributed by atoms with Gasteiger partial charge in [0.25, 0.3) is 0 Å². The van der Waals surface area contributed by atoms with E-state index in [4.69, 9.17) is 4.74 Å². The highest BCUT2D eigenvalue weighted by molar-refractivity contribution is 5.77. The zero-order chi connectivity index (χ0) is 16.0. The number of methoxy groups -OCH3 is 1. The molecule has 3 atom stereocenters. The number of nitrogens with zero attached hydrogens (tertiary/aromatic N) is 2. The molecule has 0 spiro atoms. The molecule has 0 radical (unpaired) electrons. The molecule has 7 heteroatoms. The average Bonchev–Trinajstić information content (AvgIpc) is 3.11. The first-order valence-electron chi connectivity index (χ1n) is 7.57. The Balaban J connectivity index is 1.92. The molecule has 0 bridgehead atoms. The first-order valence-corrected chi connectivity index (χ1v) is 7.57. The predicted octanol–water partition coefficient (Wildman–Crippen LogP) is 3.59. The van der Waals surface area contributed by atoms with Crippen LogP contribution in [0.1, 0.15) is 50.3 Å². The van der Waals surface area contributed by atoms with Gasteiger partial charge in [0.2, 0.25) is 0 Å². The van der Waals surface area contributed by atoms with Crippen molar-refractivity contribution in [2.75, 3.05) is 7.11 Å². The van der Waals surface area contributed by atoms with Crippen LogP contribution in [0.5, 0.6) is 0 Å². The molecular formula is C15H19F3N2O2. The summed E-state index contributed by atoms with van der Waals surface area (Å²) in [4.78, 5) is 12.3. The highest BCUT2D eigenvalue weighted by atomic mass is 19.4. The summed E-state index contributed by atoms with van der Waals surface area (Å²) >= 11 is 0. The van der Waals surface area contributed by atoms with E-state index in [2.05, 4.69) is 5.10 Å². The summed E-state index contributed by atoms with van der Waals surface area (Å²) < 4.78 is 45.2. The molecule has 22 heavy (non-hydrogen) atoms.